The minimum Gasteiger partial charge on any atom is -0.298 e. The van der Waals surface area contributed by atoms with E-state index in [1.54, 1.807) is 11.3 Å². The SMILES string of the molecule is CCc1cc2c(=O)n(CC(=O)CC3CCCCC3)cnc2s1. The molecular formula is C17H22N2O2S. The van der Waals surface area contributed by atoms with Crippen LogP contribution in [0.25, 0.3) is 10.2 Å². The van der Waals surface area contributed by atoms with Gasteiger partial charge in [-0.2, -0.15) is 0 Å². The fraction of sp³-hybridized carbons (Fsp3) is 0.588. The van der Waals surface area contributed by atoms with Gasteiger partial charge in [0.15, 0.2) is 5.78 Å². The molecule has 0 N–H and O–H groups in total. The van der Waals surface area contributed by atoms with Crippen LogP contribution in [0, 0.1) is 5.92 Å². The zero-order valence-electron chi connectivity index (χ0n) is 13.0. The number of Topliss-reactive ketones (excluding diaryl/α,β-unsaturated/α-hetero) is 1. The Balaban J connectivity index is 1.74. The Kier molecular flexibility index (Phi) is 4.71. The number of aryl methyl sites for hydroxylation is 1. The second kappa shape index (κ2) is 6.73. The molecule has 0 bridgehead atoms. The van der Waals surface area contributed by atoms with Gasteiger partial charge in [0.2, 0.25) is 0 Å². The van der Waals surface area contributed by atoms with Crippen molar-refractivity contribution in [3.05, 3.63) is 27.6 Å². The van der Waals surface area contributed by atoms with Gasteiger partial charge >= 0.3 is 0 Å². The van der Waals surface area contributed by atoms with E-state index in [0.29, 0.717) is 17.7 Å². The van der Waals surface area contributed by atoms with E-state index in [-0.39, 0.29) is 17.9 Å². The van der Waals surface area contributed by atoms with Crippen LogP contribution < -0.4 is 5.56 Å². The van der Waals surface area contributed by atoms with E-state index < -0.39 is 0 Å². The number of carbonyl (C=O) groups is 1. The van der Waals surface area contributed by atoms with Crippen LogP contribution >= 0.6 is 11.3 Å². The number of ketones is 1. The molecular weight excluding hydrogens is 296 g/mol. The maximum Gasteiger partial charge on any atom is 0.262 e. The fourth-order valence-corrected chi connectivity index (χ4v) is 4.19. The van der Waals surface area contributed by atoms with Crippen molar-refractivity contribution in [1.82, 2.24) is 9.55 Å². The van der Waals surface area contributed by atoms with E-state index in [1.807, 2.05) is 6.07 Å². The smallest absolute Gasteiger partial charge is 0.262 e. The number of hydrogen-bond acceptors (Lipinski definition) is 4. The van der Waals surface area contributed by atoms with Gasteiger partial charge in [-0.25, -0.2) is 4.98 Å². The predicted molar refractivity (Wildman–Crippen MR) is 89.5 cm³/mol. The lowest BCUT2D eigenvalue weighted by molar-refractivity contribution is -0.120. The summed E-state index contributed by atoms with van der Waals surface area (Å²) in [6.07, 6.45) is 9.11. The number of fused-ring (bicyclic) bond motifs is 1. The van der Waals surface area contributed by atoms with Crippen molar-refractivity contribution in [3.63, 3.8) is 0 Å². The molecule has 0 aliphatic heterocycles. The quantitative estimate of drug-likeness (QED) is 0.847. The van der Waals surface area contributed by atoms with Crippen LogP contribution in [0.4, 0.5) is 0 Å². The highest BCUT2D eigenvalue weighted by Crippen LogP contribution is 2.26. The third-order valence-corrected chi connectivity index (χ3v) is 5.69. The fourth-order valence-electron chi connectivity index (χ4n) is 3.26. The van der Waals surface area contributed by atoms with E-state index in [0.717, 1.165) is 29.0 Å². The first-order chi connectivity index (χ1) is 10.7. The molecule has 0 amide bonds. The number of carbonyl (C=O) groups excluding carboxylic acids is 1. The summed E-state index contributed by atoms with van der Waals surface area (Å²) in [6.45, 7) is 2.23. The second-order valence-electron chi connectivity index (χ2n) is 6.21. The molecule has 0 atom stereocenters. The molecule has 0 saturated heterocycles. The van der Waals surface area contributed by atoms with E-state index in [2.05, 4.69) is 11.9 Å². The Morgan fingerprint density at radius 3 is 2.86 bits per heavy atom. The average Bonchev–Trinajstić information content (AvgIpc) is 2.95. The summed E-state index contributed by atoms with van der Waals surface area (Å²) >= 11 is 1.56. The van der Waals surface area contributed by atoms with Crippen LogP contribution in [0.15, 0.2) is 17.2 Å². The maximum absolute atomic E-state index is 12.5. The first-order valence-electron chi connectivity index (χ1n) is 8.17. The van der Waals surface area contributed by atoms with Crippen molar-refractivity contribution in [3.8, 4) is 0 Å². The Labute approximate surface area is 134 Å². The Morgan fingerprint density at radius 1 is 1.36 bits per heavy atom. The Hall–Kier alpha value is -1.49. The van der Waals surface area contributed by atoms with Gasteiger partial charge in [0, 0.05) is 11.3 Å². The van der Waals surface area contributed by atoms with Crippen LogP contribution in [0.5, 0.6) is 0 Å². The molecule has 0 aromatic carbocycles. The largest absolute Gasteiger partial charge is 0.298 e. The molecule has 5 heteroatoms. The van der Waals surface area contributed by atoms with Gasteiger partial charge in [-0.05, 0) is 18.4 Å². The van der Waals surface area contributed by atoms with E-state index >= 15 is 0 Å². The lowest BCUT2D eigenvalue weighted by Gasteiger charge is -2.20. The molecule has 118 valence electrons. The zero-order chi connectivity index (χ0) is 15.5. The molecule has 2 heterocycles. The third-order valence-electron chi connectivity index (χ3n) is 4.51. The second-order valence-corrected chi connectivity index (χ2v) is 7.32. The van der Waals surface area contributed by atoms with Crippen LogP contribution in [-0.4, -0.2) is 15.3 Å². The molecule has 1 fully saturated rings. The molecule has 4 nitrogen and oxygen atoms in total. The summed E-state index contributed by atoms with van der Waals surface area (Å²) in [5.41, 5.74) is -0.0852. The van der Waals surface area contributed by atoms with Crippen LogP contribution in [-0.2, 0) is 17.8 Å². The molecule has 0 radical (unpaired) electrons. The summed E-state index contributed by atoms with van der Waals surface area (Å²) in [5.74, 6) is 0.669. The van der Waals surface area contributed by atoms with Crippen LogP contribution in [0.3, 0.4) is 0 Å². The van der Waals surface area contributed by atoms with Crippen molar-refractivity contribution in [2.24, 2.45) is 5.92 Å². The highest BCUT2D eigenvalue weighted by molar-refractivity contribution is 7.18. The molecule has 3 rings (SSSR count). The Bertz CT molecular complexity index is 726. The number of aromatic nitrogens is 2. The molecule has 0 unspecified atom stereocenters. The van der Waals surface area contributed by atoms with Gasteiger partial charge in [-0.1, -0.05) is 39.0 Å². The standard InChI is InChI=1S/C17H22N2O2S/c1-2-14-9-15-16(22-14)18-11-19(17(15)21)10-13(20)8-12-6-4-3-5-7-12/h9,11-12H,2-8,10H2,1H3. The lowest BCUT2D eigenvalue weighted by atomic mass is 9.86. The lowest BCUT2D eigenvalue weighted by Crippen LogP contribution is -2.25. The summed E-state index contributed by atoms with van der Waals surface area (Å²) < 4.78 is 1.47. The molecule has 0 spiro atoms. The minimum absolute atomic E-state index is 0.0852. The first-order valence-corrected chi connectivity index (χ1v) is 8.98. The van der Waals surface area contributed by atoms with E-state index in [9.17, 15) is 9.59 Å². The topological polar surface area (TPSA) is 52.0 Å². The summed E-state index contributed by atoms with van der Waals surface area (Å²) in [6, 6.07) is 1.91. The van der Waals surface area contributed by atoms with Crippen molar-refractivity contribution in [2.75, 3.05) is 0 Å². The van der Waals surface area contributed by atoms with Crippen molar-refractivity contribution >= 4 is 27.3 Å². The van der Waals surface area contributed by atoms with Crippen LogP contribution in [0.2, 0.25) is 0 Å². The summed E-state index contributed by atoms with van der Waals surface area (Å²) in [5, 5.41) is 0.648. The van der Waals surface area contributed by atoms with Crippen molar-refractivity contribution in [2.45, 2.75) is 58.4 Å². The number of nitrogens with zero attached hydrogens (tertiary/aromatic N) is 2. The summed E-state index contributed by atoms with van der Waals surface area (Å²) in [4.78, 5) is 31.0. The number of thiophene rings is 1. The van der Waals surface area contributed by atoms with Crippen molar-refractivity contribution in [1.29, 1.82) is 0 Å². The van der Waals surface area contributed by atoms with E-state index in [1.165, 1.54) is 30.2 Å². The first kappa shape index (κ1) is 15.4. The van der Waals surface area contributed by atoms with Crippen LogP contribution in [0.1, 0.15) is 50.3 Å². The molecule has 22 heavy (non-hydrogen) atoms. The van der Waals surface area contributed by atoms with E-state index in [4.69, 9.17) is 0 Å². The van der Waals surface area contributed by atoms with Gasteiger partial charge in [0.25, 0.3) is 5.56 Å². The average molecular weight is 318 g/mol. The summed E-state index contributed by atoms with van der Waals surface area (Å²) in [7, 11) is 0. The molecule has 2 aromatic heterocycles. The van der Waals surface area contributed by atoms with Gasteiger partial charge in [-0.15, -0.1) is 11.3 Å². The normalized spacial score (nSPS) is 16.2. The van der Waals surface area contributed by atoms with Crippen molar-refractivity contribution < 1.29 is 4.79 Å². The van der Waals surface area contributed by atoms with Gasteiger partial charge in [-0.3, -0.25) is 14.2 Å². The van der Waals surface area contributed by atoms with Gasteiger partial charge < -0.3 is 0 Å². The monoisotopic (exact) mass is 318 g/mol. The number of rotatable bonds is 5. The zero-order valence-corrected chi connectivity index (χ0v) is 13.8. The Morgan fingerprint density at radius 2 is 2.14 bits per heavy atom. The minimum atomic E-state index is -0.0852. The van der Waals surface area contributed by atoms with Gasteiger partial charge in [0.05, 0.1) is 18.3 Å². The maximum atomic E-state index is 12.5. The third kappa shape index (κ3) is 3.29. The highest BCUT2D eigenvalue weighted by atomic mass is 32.1. The predicted octanol–water partition coefficient (Wildman–Crippen LogP) is 3.56. The molecule has 1 aliphatic carbocycles. The van der Waals surface area contributed by atoms with Gasteiger partial charge in [0.1, 0.15) is 4.83 Å². The highest BCUT2D eigenvalue weighted by Gasteiger charge is 2.18. The molecule has 2 aromatic rings. The molecule has 1 saturated carbocycles. The molecule has 1 aliphatic rings. The number of hydrogen-bond donors (Lipinski definition) is 0.